The summed E-state index contributed by atoms with van der Waals surface area (Å²) in [5.74, 6) is -0.956. The molecule has 1 radical (unpaired) electrons. The molecule has 139 valence electrons. The molecule has 0 unspecified atom stereocenters. The van der Waals surface area contributed by atoms with Gasteiger partial charge in [0.2, 0.25) is 0 Å². The van der Waals surface area contributed by atoms with E-state index < -0.39 is 23.2 Å². The molecule has 0 fully saturated rings. The summed E-state index contributed by atoms with van der Waals surface area (Å²) in [5, 5.41) is 19.2. The third kappa shape index (κ3) is 7.18. The van der Waals surface area contributed by atoms with E-state index in [-0.39, 0.29) is 5.31 Å². The highest BCUT2D eigenvalue weighted by Crippen LogP contribution is 2.36. The van der Waals surface area contributed by atoms with Crippen LogP contribution in [0.5, 0.6) is 0 Å². The van der Waals surface area contributed by atoms with Crippen LogP contribution in [-0.4, -0.2) is 40.7 Å². The van der Waals surface area contributed by atoms with Gasteiger partial charge in [0, 0.05) is 6.42 Å². The van der Waals surface area contributed by atoms with Crippen molar-refractivity contribution in [3.8, 4) is 0 Å². The summed E-state index contributed by atoms with van der Waals surface area (Å²) in [5.41, 5.74) is 3.22. The van der Waals surface area contributed by atoms with Crippen molar-refractivity contribution < 1.29 is 19.8 Å². The largest absolute Gasteiger partial charge is 0.480 e. The molecule has 0 heterocycles. The highest BCUT2D eigenvalue weighted by molar-refractivity contribution is 6.57. The number of hydrogen-bond acceptors (Lipinski definition) is 4. The fourth-order valence-electron chi connectivity index (χ4n) is 2.01. The zero-order chi connectivity index (χ0) is 19.5. The standard InChI is InChI=1S/C19H31BNO4/c1-17(2,3)25-21-15(16(22)23)12-13-8-10-14(11-9-13)20-18(4,5)19(6,7)24/h8-11,15,21,24H,12H2,1-7H3,(H,22,23)/t15-/m0/s1. The van der Waals surface area contributed by atoms with Gasteiger partial charge in [0.05, 0.1) is 11.2 Å². The van der Waals surface area contributed by atoms with E-state index in [1.165, 1.54) is 0 Å². The maximum atomic E-state index is 11.4. The predicted octanol–water partition coefficient (Wildman–Crippen LogP) is 2.30. The van der Waals surface area contributed by atoms with E-state index >= 15 is 0 Å². The molecule has 1 rings (SSSR count). The lowest BCUT2D eigenvalue weighted by molar-refractivity contribution is -0.150. The molecule has 6 heteroatoms. The second kappa shape index (κ2) is 7.89. The highest BCUT2D eigenvalue weighted by atomic mass is 16.7. The molecule has 3 N–H and O–H groups in total. The molecule has 0 amide bonds. The fourth-order valence-corrected chi connectivity index (χ4v) is 2.01. The average Bonchev–Trinajstić information content (AvgIpc) is 2.42. The van der Waals surface area contributed by atoms with E-state index in [4.69, 9.17) is 4.84 Å². The first kappa shape index (κ1) is 21.7. The van der Waals surface area contributed by atoms with Gasteiger partial charge < -0.3 is 10.2 Å². The van der Waals surface area contributed by atoms with E-state index in [9.17, 15) is 15.0 Å². The van der Waals surface area contributed by atoms with E-state index in [1.54, 1.807) is 13.8 Å². The van der Waals surface area contributed by atoms with Gasteiger partial charge in [0.15, 0.2) is 7.28 Å². The Kier molecular flexibility index (Phi) is 6.84. The lowest BCUT2D eigenvalue weighted by atomic mass is 9.45. The van der Waals surface area contributed by atoms with Gasteiger partial charge in [0.1, 0.15) is 6.04 Å². The van der Waals surface area contributed by atoms with E-state index in [2.05, 4.69) is 5.48 Å². The van der Waals surface area contributed by atoms with Crippen LogP contribution in [0.25, 0.3) is 0 Å². The number of nitrogens with one attached hydrogen (secondary N) is 1. The Morgan fingerprint density at radius 2 is 1.64 bits per heavy atom. The van der Waals surface area contributed by atoms with Crippen LogP contribution in [0.1, 0.15) is 54.0 Å². The first-order valence-corrected chi connectivity index (χ1v) is 8.55. The second-order valence-corrected chi connectivity index (χ2v) is 8.59. The molecule has 5 nitrogen and oxygen atoms in total. The molecule has 0 aromatic heterocycles. The molecule has 0 aliphatic carbocycles. The van der Waals surface area contributed by atoms with Gasteiger partial charge in [-0.15, -0.1) is 0 Å². The Labute approximate surface area is 152 Å². The molecule has 1 aromatic rings. The van der Waals surface area contributed by atoms with Crippen LogP contribution >= 0.6 is 0 Å². The summed E-state index contributed by atoms with van der Waals surface area (Å²) < 4.78 is 0. The third-order valence-corrected chi connectivity index (χ3v) is 4.33. The van der Waals surface area contributed by atoms with Crippen LogP contribution in [0, 0.1) is 0 Å². The molecule has 0 saturated heterocycles. The van der Waals surface area contributed by atoms with Crippen LogP contribution in [0.4, 0.5) is 0 Å². The Bertz CT molecular complexity index is 571. The topological polar surface area (TPSA) is 78.8 Å². The molecular formula is C19H31BNO4. The van der Waals surface area contributed by atoms with Crippen LogP contribution in [0.3, 0.4) is 0 Å². The Hall–Kier alpha value is -1.37. The number of carboxylic acids is 1. The first-order valence-electron chi connectivity index (χ1n) is 8.55. The van der Waals surface area contributed by atoms with Crippen LogP contribution in [0.15, 0.2) is 24.3 Å². The first-order chi connectivity index (χ1) is 11.2. The normalized spacial score (nSPS) is 14.2. The second-order valence-electron chi connectivity index (χ2n) is 8.59. The molecule has 0 bridgehead atoms. The molecule has 0 saturated carbocycles. The third-order valence-electron chi connectivity index (χ3n) is 4.33. The molecule has 25 heavy (non-hydrogen) atoms. The number of hydroxylamine groups is 1. The zero-order valence-electron chi connectivity index (χ0n) is 16.4. The van der Waals surface area contributed by atoms with E-state index in [0.29, 0.717) is 6.42 Å². The zero-order valence-corrected chi connectivity index (χ0v) is 16.4. The summed E-state index contributed by atoms with van der Waals surface area (Å²) >= 11 is 0. The summed E-state index contributed by atoms with van der Waals surface area (Å²) in [6, 6.07) is 6.86. The molecule has 0 aliphatic heterocycles. The number of aliphatic carboxylic acids is 1. The number of carboxylic acid groups (broad SMARTS) is 1. The summed E-state index contributed by atoms with van der Waals surface area (Å²) in [7, 11) is 2.02. The van der Waals surface area contributed by atoms with Crippen molar-refractivity contribution in [2.75, 3.05) is 0 Å². The van der Waals surface area contributed by atoms with Gasteiger partial charge in [0.25, 0.3) is 0 Å². The van der Waals surface area contributed by atoms with E-state index in [1.807, 2.05) is 66.2 Å². The minimum atomic E-state index is -0.956. The van der Waals surface area contributed by atoms with Crippen molar-refractivity contribution in [2.45, 2.75) is 77.4 Å². The quantitative estimate of drug-likeness (QED) is 0.496. The van der Waals surface area contributed by atoms with E-state index in [0.717, 1.165) is 11.0 Å². The maximum Gasteiger partial charge on any atom is 0.323 e. The number of aliphatic hydroxyl groups is 1. The van der Waals surface area contributed by atoms with Crippen molar-refractivity contribution in [2.24, 2.45) is 0 Å². The summed E-state index contributed by atoms with van der Waals surface area (Å²) in [6.07, 6.45) is 0.320. The van der Waals surface area contributed by atoms with Crippen molar-refractivity contribution in [1.82, 2.24) is 5.48 Å². The van der Waals surface area contributed by atoms with Gasteiger partial charge >= 0.3 is 5.97 Å². The van der Waals surface area contributed by atoms with Gasteiger partial charge in [-0.1, -0.05) is 43.6 Å². The Morgan fingerprint density at radius 1 is 1.12 bits per heavy atom. The van der Waals surface area contributed by atoms with Crippen molar-refractivity contribution >= 4 is 18.7 Å². The predicted molar refractivity (Wildman–Crippen MR) is 101 cm³/mol. The monoisotopic (exact) mass is 348 g/mol. The van der Waals surface area contributed by atoms with Crippen LogP contribution in [0.2, 0.25) is 5.31 Å². The van der Waals surface area contributed by atoms with Gasteiger partial charge in [-0.3, -0.25) is 9.63 Å². The van der Waals surface area contributed by atoms with Gasteiger partial charge in [-0.2, -0.15) is 5.48 Å². The maximum absolute atomic E-state index is 11.4. The number of hydrogen-bond donors (Lipinski definition) is 3. The number of rotatable bonds is 8. The van der Waals surface area contributed by atoms with Crippen molar-refractivity contribution in [1.29, 1.82) is 0 Å². The molecule has 0 spiro atoms. The lowest BCUT2D eigenvalue weighted by Crippen LogP contribution is -2.43. The summed E-state index contributed by atoms with van der Waals surface area (Å²) in [4.78, 5) is 16.8. The highest BCUT2D eigenvalue weighted by Gasteiger charge is 2.35. The fraction of sp³-hybridized carbons (Fsp3) is 0.632. The average molecular weight is 348 g/mol. The minimum absolute atomic E-state index is 0.320. The Morgan fingerprint density at radius 3 is 2.04 bits per heavy atom. The number of carbonyl (C=O) groups is 1. The van der Waals surface area contributed by atoms with Gasteiger partial charge in [-0.05, 0) is 45.5 Å². The molecule has 0 aliphatic rings. The van der Waals surface area contributed by atoms with Crippen molar-refractivity contribution in [3.63, 3.8) is 0 Å². The minimum Gasteiger partial charge on any atom is -0.480 e. The molecule has 1 atom stereocenters. The van der Waals surface area contributed by atoms with Crippen molar-refractivity contribution in [3.05, 3.63) is 29.8 Å². The molecular weight excluding hydrogens is 317 g/mol. The van der Waals surface area contributed by atoms with Crippen LogP contribution in [-0.2, 0) is 16.1 Å². The summed E-state index contributed by atoms with van der Waals surface area (Å²) in [6.45, 7) is 13.1. The van der Waals surface area contributed by atoms with Crippen LogP contribution < -0.4 is 10.9 Å². The smallest absolute Gasteiger partial charge is 0.323 e. The molecule has 1 aromatic carbocycles. The number of benzene rings is 1. The SMILES string of the molecule is CC(C)(C)ON[C@@H](Cc1ccc([B]C(C)(C)C(C)(C)O)cc1)C(=O)O. The Balaban J connectivity index is 2.76. The van der Waals surface area contributed by atoms with Gasteiger partial charge in [-0.25, -0.2) is 0 Å². The lowest BCUT2D eigenvalue weighted by Gasteiger charge is -2.37.